The number of halogens is 3. The average Bonchev–Trinajstić information content (AvgIpc) is 2.93. The van der Waals surface area contributed by atoms with Crippen LogP contribution in [-0.2, 0) is 5.41 Å². The van der Waals surface area contributed by atoms with Crippen molar-refractivity contribution in [2.45, 2.75) is 26.2 Å². The van der Waals surface area contributed by atoms with E-state index in [1.807, 2.05) is 20.8 Å². The molecule has 0 fully saturated rings. The monoisotopic (exact) mass is 361 g/mol. The molecule has 9 heteroatoms. The van der Waals surface area contributed by atoms with E-state index in [-0.39, 0.29) is 21.1 Å². The van der Waals surface area contributed by atoms with Crippen molar-refractivity contribution in [1.29, 1.82) is 0 Å². The summed E-state index contributed by atoms with van der Waals surface area (Å²) in [4.78, 5) is 16.1. The van der Waals surface area contributed by atoms with Crippen molar-refractivity contribution >= 4 is 44.8 Å². The van der Waals surface area contributed by atoms with Crippen molar-refractivity contribution in [2.75, 3.05) is 0 Å². The van der Waals surface area contributed by atoms with Crippen LogP contribution in [0.1, 0.15) is 26.7 Å². The molecular weight excluding hydrogens is 352 g/mol. The maximum atomic E-state index is 14.4. The molecule has 0 saturated heterocycles. The molecule has 116 valence electrons. The number of aromatic nitrogens is 3. The van der Waals surface area contributed by atoms with Crippen LogP contribution in [0.5, 0.6) is 0 Å². The van der Waals surface area contributed by atoms with Crippen LogP contribution >= 0.6 is 34.5 Å². The Kier molecular flexibility index (Phi) is 3.54. The topological polar surface area (TPSA) is 60.9 Å². The lowest BCUT2D eigenvalue weighted by atomic mass is 9.97. The second kappa shape index (κ2) is 5.04. The molecule has 0 bridgehead atoms. The van der Waals surface area contributed by atoms with Gasteiger partial charge in [-0.25, -0.2) is 14.2 Å². The van der Waals surface area contributed by atoms with Crippen LogP contribution in [0.15, 0.2) is 15.3 Å². The quantitative estimate of drug-likeness (QED) is 0.652. The molecule has 3 rings (SSSR count). The molecule has 2 aromatic heterocycles. The van der Waals surface area contributed by atoms with Crippen molar-refractivity contribution in [2.24, 2.45) is 0 Å². The average molecular weight is 362 g/mol. The van der Waals surface area contributed by atoms with Gasteiger partial charge in [0.1, 0.15) is 11.2 Å². The van der Waals surface area contributed by atoms with Crippen LogP contribution in [0.2, 0.25) is 9.49 Å². The Morgan fingerprint density at radius 3 is 2.64 bits per heavy atom. The van der Waals surface area contributed by atoms with E-state index in [0.717, 1.165) is 22.1 Å². The van der Waals surface area contributed by atoms with E-state index in [2.05, 4.69) is 10.1 Å². The Morgan fingerprint density at radius 1 is 1.36 bits per heavy atom. The molecule has 0 radical (unpaired) electrons. The molecule has 1 aromatic carbocycles. The Labute approximate surface area is 138 Å². The number of nitrogens with zero attached hydrogens (tertiary/aromatic N) is 3. The lowest BCUT2D eigenvalue weighted by Gasteiger charge is -2.11. The number of fused-ring (bicyclic) bond motifs is 1. The molecule has 0 aliphatic heterocycles. The number of benzene rings is 1. The Bertz CT molecular complexity index is 939. The van der Waals surface area contributed by atoms with Gasteiger partial charge in [0.25, 0.3) is 0 Å². The van der Waals surface area contributed by atoms with Crippen LogP contribution in [0.3, 0.4) is 0 Å². The third-order valence-corrected chi connectivity index (χ3v) is 4.38. The summed E-state index contributed by atoms with van der Waals surface area (Å²) in [5, 5.41) is 4.21. The molecule has 0 amide bonds. The van der Waals surface area contributed by atoms with Crippen molar-refractivity contribution in [1.82, 2.24) is 14.8 Å². The predicted molar refractivity (Wildman–Crippen MR) is 84.0 cm³/mol. The molecule has 3 aromatic rings. The van der Waals surface area contributed by atoms with Gasteiger partial charge in [-0.1, -0.05) is 55.3 Å². The highest BCUT2D eigenvalue weighted by Gasteiger charge is 2.26. The summed E-state index contributed by atoms with van der Waals surface area (Å²) in [6.45, 7) is 5.50. The molecule has 0 atom stereocenters. The van der Waals surface area contributed by atoms with E-state index in [1.54, 1.807) is 0 Å². The largest absolute Gasteiger partial charge is 0.442 e. The smallest absolute Gasteiger partial charge is 0.391 e. The minimum Gasteiger partial charge on any atom is -0.391 e. The van der Waals surface area contributed by atoms with E-state index in [9.17, 15) is 9.18 Å². The van der Waals surface area contributed by atoms with Crippen molar-refractivity contribution in [3.8, 4) is 5.69 Å². The molecule has 0 aliphatic carbocycles. The molecule has 2 heterocycles. The Morgan fingerprint density at radius 2 is 2.05 bits per heavy atom. The molecule has 0 aliphatic rings. The second-order valence-corrected chi connectivity index (χ2v) is 7.66. The van der Waals surface area contributed by atoms with Crippen LogP contribution in [0.25, 0.3) is 15.9 Å². The summed E-state index contributed by atoms with van der Waals surface area (Å²) in [6.07, 6.45) is 0. The summed E-state index contributed by atoms with van der Waals surface area (Å²) < 4.78 is 20.9. The van der Waals surface area contributed by atoms with Crippen molar-refractivity contribution in [3.05, 3.63) is 37.8 Å². The van der Waals surface area contributed by atoms with Gasteiger partial charge in [-0.15, -0.1) is 5.10 Å². The molecule has 22 heavy (non-hydrogen) atoms. The highest BCUT2D eigenvalue weighted by atomic mass is 35.5. The highest BCUT2D eigenvalue weighted by Crippen LogP contribution is 2.36. The SMILES string of the molecule is CC(C)(C)c1nn(-c2c(F)cc(Cl)c3nc(Cl)sc23)c(=O)o1. The Balaban J connectivity index is 2.36. The number of hydrogen-bond donors (Lipinski definition) is 0. The molecule has 0 saturated carbocycles. The fourth-order valence-electron chi connectivity index (χ4n) is 1.89. The lowest BCUT2D eigenvalue weighted by molar-refractivity contribution is 0.375. The van der Waals surface area contributed by atoms with Gasteiger partial charge >= 0.3 is 5.76 Å². The fourth-order valence-corrected chi connectivity index (χ4v) is 3.34. The Hall–Kier alpha value is -1.44. The molecular formula is C13H10Cl2FN3O2S. The molecule has 0 spiro atoms. The van der Waals surface area contributed by atoms with Crippen LogP contribution in [-0.4, -0.2) is 14.8 Å². The van der Waals surface area contributed by atoms with Gasteiger partial charge in [0.2, 0.25) is 5.89 Å². The van der Waals surface area contributed by atoms with E-state index in [4.69, 9.17) is 27.6 Å². The summed E-state index contributed by atoms with van der Waals surface area (Å²) in [6, 6.07) is 1.08. The normalized spacial score (nSPS) is 12.3. The summed E-state index contributed by atoms with van der Waals surface area (Å²) in [7, 11) is 0. The summed E-state index contributed by atoms with van der Waals surface area (Å²) in [5.41, 5.74) is -0.231. The van der Waals surface area contributed by atoms with Gasteiger partial charge < -0.3 is 4.42 Å². The minimum atomic E-state index is -0.781. The van der Waals surface area contributed by atoms with Gasteiger partial charge in [0.15, 0.2) is 10.3 Å². The molecule has 5 nitrogen and oxygen atoms in total. The zero-order chi connectivity index (χ0) is 16.2. The van der Waals surface area contributed by atoms with Gasteiger partial charge in [-0.3, -0.25) is 0 Å². The van der Waals surface area contributed by atoms with Gasteiger partial charge in [0, 0.05) is 5.41 Å². The summed E-state index contributed by atoms with van der Waals surface area (Å²) >= 11 is 12.9. The molecule has 0 N–H and O–H groups in total. The van der Waals surface area contributed by atoms with E-state index in [1.165, 1.54) is 0 Å². The van der Waals surface area contributed by atoms with Crippen LogP contribution in [0.4, 0.5) is 4.39 Å². The zero-order valence-electron chi connectivity index (χ0n) is 11.8. The van der Waals surface area contributed by atoms with E-state index >= 15 is 0 Å². The number of thiazole rings is 1. The predicted octanol–water partition coefficient (Wildman–Crippen LogP) is 4.18. The van der Waals surface area contributed by atoms with Crippen molar-refractivity contribution in [3.63, 3.8) is 0 Å². The zero-order valence-corrected chi connectivity index (χ0v) is 14.1. The first-order valence-electron chi connectivity index (χ1n) is 6.23. The number of rotatable bonds is 1. The van der Waals surface area contributed by atoms with Crippen LogP contribution < -0.4 is 5.76 Å². The lowest BCUT2D eigenvalue weighted by Crippen LogP contribution is -2.16. The first-order chi connectivity index (χ1) is 10.2. The maximum absolute atomic E-state index is 14.4. The molecule has 0 unspecified atom stereocenters. The van der Waals surface area contributed by atoms with Crippen molar-refractivity contribution < 1.29 is 8.81 Å². The number of hydrogen-bond acceptors (Lipinski definition) is 5. The standard InChI is InChI=1S/C13H10Cl2FN3O2S/c1-13(2,3)10-18-19(12(20)21-10)8-6(16)4-5(14)7-9(8)22-11(15)17-7/h4H,1-3H3. The third-order valence-electron chi connectivity index (χ3n) is 2.92. The van der Waals surface area contributed by atoms with Gasteiger partial charge in [-0.2, -0.15) is 4.68 Å². The first kappa shape index (κ1) is 15.5. The fraction of sp³-hybridized carbons (Fsp3) is 0.308. The van der Waals surface area contributed by atoms with Gasteiger partial charge in [-0.05, 0) is 6.07 Å². The van der Waals surface area contributed by atoms with Crippen LogP contribution in [0, 0.1) is 5.82 Å². The second-order valence-electron chi connectivity index (χ2n) is 5.67. The highest BCUT2D eigenvalue weighted by molar-refractivity contribution is 7.22. The van der Waals surface area contributed by atoms with E-state index in [0.29, 0.717) is 10.2 Å². The maximum Gasteiger partial charge on any atom is 0.442 e. The van der Waals surface area contributed by atoms with E-state index < -0.39 is 17.0 Å². The minimum absolute atomic E-state index is 0.0620. The summed E-state index contributed by atoms with van der Waals surface area (Å²) in [5.74, 6) is -1.28. The third kappa shape index (κ3) is 2.43. The van der Waals surface area contributed by atoms with Gasteiger partial charge in [0.05, 0.1) is 9.72 Å². The first-order valence-corrected chi connectivity index (χ1v) is 7.81.